The van der Waals surface area contributed by atoms with Crippen LogP contribution in [0.25, 0.3) is 0 Å². The molecule has 1 aliphatic heterocycles. The molecule has 0 aliphatic carbocycles. The van der Waals surface area contributed by atoms with Gasteiger partial charge in [0.25, 0.3) is 5.56 Å². The van der Waals surface area contributed by atoms with Crippen LogP contribution in [0.3, 0.4) is 0 Å². The first kappa shape index (κ1) is 18.6. The fourth-order valence-corrected chi connectivity index (χ4v) is 3.26. The van der Waals surface area contributed by atoms with Crippen LogP contribution in [0.2, 0.25) is 0 Å². The van der Waals surface area contributed by atoms with E-state index in [9.17, 15) is 14.7 Å². The fourth-order valence-electron chi connectivity index (χ4n) is 3.26. The molecule has 0 spiro atoms. The van der Waals surface area contributed by atoms with E-state index in [1.54, 1.807) is 32.3 Å². The van der Waals surface area contributed by atoms with E-state index in [4.69, 9.17) is 9.47 Å². The molecule has 1 N–H and O–H groups in total. The minimum atomic E-state index is -0.596. The molecule has 1 aliphatic rings. The Hall–Kier alpha value is -3.23. The Morgan fingerprint density at radius 2 is 1.81 bits per heavy atom. The van der Waals surface area contributed by atoms with E-state index >= 15 is 0 Å². The number of hydrogen-bond donors (Lipinski definition) is 1. The molecule has 0 saturated heterocycles. The largest absolute Gasteiger partial charge is 0.497 e. The summed E-state index contributed by atoms with van der Waals surface area (Å²) in [5.74, 6) is 0.916. The van der Waals surface area contributed by atoms with Crippen molar-refractivity contribution in [3.63, 3.8) is 0 Å². The maximum Gasteiger partial charge on any atom is 0.333 e. The Labute approximate surface area is 155 Å². The highest BCUT2D eigenvalue weighted by Crippen LogP contribution is 2.38. The lowest BCUT2D eigenvalue weighted by atomic mass is 9.98. The zero-order valence-corrected chi connectivity index (χ0v) is 15.9. The van der Waals surface area contributed by atoms with Crippen LogP contribution in [0, 0.1) is 0 Å². The van der Waals surface area contributed by atoms with E-state index in [1.165, 1.54) is 14.1 Å². The van der Waals surface area contributed by atoms with Crippen molar-refractivity contribution in [3.05, 3.63) is 50.2 Å². The molecule has 9 nitrogen and oxygen atoms in total. The molecular weight excluding hydrogens is 352 g/mol. The zero-order valence-electron chi connectivity index (χ0n) is 15.9. The average Bonchev–Trinajstić information content (AvgIpc) is 3.05. The van der Waals surface area contributed by atoms with Gasteiger partial charge in [0.2, 0.25) is 5.88 Å². The van der Waals surface area contributed by atoms with Crippen LogP contribution in [0.5, 0.6) is 17.4 Å². The third-order valence-corrected chi connectivity index (χ3v) is 4.84. The zero-order chi connectivity index (χ0) is 19.9. The van der Waals surface area contributed by atoms with Crippen LogP contribution in [-0.4, -0.2) is 46.2 Å². The van der Waals surface area contributed by atoms with Crippen molar-refractivity contribution in [3.8, 4) is 17.4 Å². The van der Waals surface area contributed by atoms with Gasteiger partial charge in [-0.1, -0.05) is 0 Å². The van der Waals surface area contributed by atoms with Crippen molar-refractivity contribution < 1.29 is 14.6 Å². The SMILES string of the molecule is COc1ccc([C@@H]2CC(c3c(O)n(C)c(=O)n(C)c3=O)=NN2C)c(OC)c1. The van der Waals surface area contributed by atoms with Crippen molar-refractivity contribution in [1.29, 1.82) is 0 Å². The van der Waals surface area contributed by atoms with E-state index in [0.717, 1.165) is 14.7 Å². The highest BCUT2D eigenvalue weighted by Gasteiger charge is 2.32. The number of aromatic hydroxyl groups is 1. The number of methoxy groups -OCH3 is 2. The number of nitrogens with zero attached hydrogens (tertiary/aromatic N) is 4. The van der Waals surface area contributed by atoms with Crippen LogP contribution >= 0.6 is 0 Å². The summed E-state index contributed by atoms with van der Waals surface area (Å²) in [6.07, 6.45) is 0.375. The molecule has 2 aromatic rings. The summed E-state index contributed by atoms with van der Waals surface area (Å²) in [5, 5.41) is 16.5. The smallest absolute Gasteiger partial charge is 0.333 e. The third-order valence-electron chi connectivity index (χ3n) is 4.84. The molecule has 3 rings (SSSR count). The minimum Gasteiger partial charge on any atom is -0.497 e. The van der Waals surface area contributed by atoms with Gasteiger partial charge in [0, 0.05) is 39.2 Å². The van der Waals surface area contributed by atoms with Crippen LogP contribution in [-0.2, 0) is 14.1 Å². The summed E-state index contributed by atoms with van der Waals surface area (Å²) < 4.78 is 12.7. The van der Waals surface area contributed by atoms with Crippen molar-refractivity contribution >= 4 is 5.71 Å². The molecule has 0 fully saturated rings. The predicted molar refractivity (Wildman–Crippen MR) is 99.8 cm³/mol. The quantitative estimate of drug-likeness (QED) is 0.841. The molecule has 27 heavy (non-hydrogen) atoms. The molecule has 0 unspecified atom stereocenters. The Balaban J connectivity index is 2.05. The van der Waals surface area contributed by atoms with Gasteiger partial charge < -0.3 is 14.6 Å². The lowest BCUT2D eigenvalue weighted by Gasteiger charge is -2.21. The Kier molecular flexibility index (Phi) is 4.69. The van der Waals surface area contributed by atoms with E-state index in [0.29, 0.717) is 23.6 Å². The lowest BCUT2D eigenvalue weighted by Crippen LogP contribution is -2.39. The van der Waals surface area contributed by atoms with Gasteiger partial charge in [0.1, 0.15) is 17.1 Å². The van der Waals surface area contributed by atoms with Gasteiger partial charge in [0.15, 0.2) is 0 Å². The number of hydrazone groups is 1. The van der Waals surface area contributed by atoms with Gasteiger partial charge in [-0.15, -0.1) is 0 Å². The number of rotatable bonds is 4. The van der Waals surface area contributed by atoms with E-state index in [-0.39, 0.29) is 11.6 Å². The van der Waals surface area contributed by atoms with Crippen molar-refractivity contribution in [2.45, 2.75) is 12.5 Å². The van der Waals surface area contributed by atoms with Gasteiger partial charge in [-0.05, 0) is 12.1 Å². The van der Waals surface area contributed by atoms with Crippen LogP contribution in [0.4, 0.5) is 0 Å². The van der Waals surface area contributed by atoms with E-state index in [2.05, 4.69) is 5.10 Å². The first-order valence-electron chi connectivity index (χ1n) is 8.31. The second-order valence-corrected chi connectivity index (χ2v) is 6.35. The monoisotopic (exact) mass is 374 g/mol. The van der Waals surface area contributed by atoms with Crippen molar-refractivity contribution in [2.24, 2.45) is 19.2 Å². The number of ether oxygens (including phenoxy) is 2. The van der Waals surface area contributed by atoms with E-state index in [1.807, 2.05) is 12.1 Å². The second kappa shape index (κ2) is 6.82. The third kappa shape index (κ3) is 2.94. The summed E-state index contributed by atoms with van der Waals surface area (Å²) in [7, 11) is 7.71. The number of hydrogen-bond acceptors (Lipinski definition) is 7. The maximum atomic E-state index is 12.6. The molecule has 0 bridgehead atoms. The van der Waals surface area contributed by atoms with Gasteiger partial charge in [-0.2, -0.15) is 5.10 Å². The molecule has 9 heteroatoms. The van der Waals surface area contributed by atoms with Gasteiger partial charge in [-0.3, -0.25) is 18.9 Å². The topological polar surface area (TPSA) is 98.3 Å². The Morgan fingerprint density at radius 1 is 1.11 bits per heavy atom. The van der Waals surface area contributed by atoms with Crippen LogP contribution in [0.1, 0.15) is 23.6 Å². The molecule has 0 radical (unpaired) electrons. The molecule has 1 aromatic carbocycles. The first-order chi connectivity index (χ1) is 12.8. The highest BCUT2D eigenvalue weighted by atomic mass is 16.5. The molecule has 0 amide bonds. The Morgan fingerprint density at radius 3 is 2.44 bits per heavy atom. The molecule has 1 atom stereocenters. The van der Waals surface area contributed by atoms with Crippen LogP contribution in [0.15, 0.2) is 32.9 Å². The van der Waals surface area contributed by atoms with Crippen LogP contribution < -0.4 is 20.7 Å². The normalized spacial score (nSPS) is 16.4. The Bertz CT molecular complexity index is 1040. The van der Waals surface area contributed by atoms with E-state index < -0.39 is 17.1 Å². The van der Waals surface area contributed by atoms with Crippen molar-refractivity contribution in [2.75, 3.05) is 21.3 Å². The standard InChI is InChI=1S/C18H22N4O5/c1-20-16(23)15(17(24)21(2)18(20)25)12-9-13(22(3)19-12)11-7-6-10(26-4)8-14(11)27-5/h6-8,13,23H,9H2,1-5H3/t13-/m0/s1. The van der Waals surface area contributed by atoms with Gasteiger partial charge in [-0.25, -0.2) is 4.79 Å². The fraction of sp³-hybridized carbons (Fsp3) is 0.389. The molecular formula is C18H22N4O5. The summed E-state index contributed by atoms with van der Waals surface area (Å²) in [6, 6.07) is 5.30. The average molecular weight is 374 g/mol. The van der Waals surface area contributed by atoms with Gasteiger partial charge in [0.05, 0.1) is 26.0 Å². The summed E-state index contributed by atoms with van der Waals surface area (Å²) in [6.45, 7) is 0. The maximum absolute atomic E-state index is 12.6. The number of aromatic nitrogens is 2. The summed E-state index contributed by atoms with van der Waals surface area (Å²) in [5.41, 5.74) is 0.142. The molecule has 1 aromatic heterocycles. The summed E-state index contributed by atoms with van der Waals surface area (Å²) in [4.78, 5) is 24.5. The molecule has 0 saturated carbocycles. The predicted octanol–water partition coefficient (Wildman–Crippen LogP) is 0.588. The first-order valence-corrected chi connectivity index (χ1v) is 8.31. The minimum absolute atomic E-state index is 0.0291. The summed E-state index contributed by atoms with van der Waals surface area (Å²) >= 11 is 0. The van der Waals surface area contributed by atoms with Crippen molar-refractivity contribution in [1.82, 2.24) is 14.1 Å². The highest BCUT2D eigenvalue weighted by molar-refractivity contribution is 6.03. The second-order valence-electron chi connectivity index (χ2n) is 6.35. The molecule has 2 heterocycles. The molecule has 144 valence electrons. The lowest BCUT2D eigenvalue weighted by molar-refractivity contribution is 0.280. The van der Waals surface area contributed by atoms with Gasteiger partial charge >= 0.3 is 5.69 Å². The number of benzene rings is 1.